The van der Waals surface area contributed by atoms with Gasteiger partial charge in [-0.2, -0.15) is 0 Å². The average Bonchev–Trinajstić information content (AvgIpc) is 3.17. The van der Waals surface area contributed by atoms with E-state index in [0.717, 1.165) is 63.5 Å². The number of rotatable bonds is 22. The molecule has 0 spiro atoms. The number of hydrogen-bond donors (Lipinski definition) is 0. The van der Waals surface area contributed by atoms with Crippen molar-refractivity contribution in [3.63, 3.8) is 0 Å². The van der Waals surface area contributed by atoms with Crippen LogP contribution in [0.5, 0.6) is 11.5 Å². The topological polar surface area (TPSA) is 158 Å². The normalized spacial score (nSPS) is 19.6. The highest BCUT2D eigenvalue weighted by molar-refractivity contribution is 5.81. The Labute approximate surface area is 312 Å². The highest BCUT2D eigenvalue weighted by Crippen LogP contribution is 2.34. The van der Waals surface area contributed by atoms with Crippen molar-refractivity contribution in [2.24, 2.45) is 23.7 Å². The van der Waals surface area contributed by atoms with Crippen LogP contribution >= 0.6 is 0 Å². The molecule has 1 aromatic carbocycles. The Morgan fingerprint density at radius 1 is 0.528 bits per heavy atom. The lowest BCUT2D eigenvalue weighted by molar-refractivity contribution is -0.152. The number of ether oxygens (including phenoxy) is 6. The molecule has 0 heterocycles. The van der Waals surface area contributed by atoms with E-state index in [2.05, 4.69) is 13.2 Å². The summed E-state index contributed by atoms with van der Waals surface area (Å²) in [6.07, 6.45) is 13.1. The molecule has 53 heavy (non-hydrogen) atoms. The summed E-state index contributed by atoms with van der Waals surface area (Å²) in [4.78, 5) is 73.0. The molecule has 0 unspecified atom stereocenters. The lowest BCUT2D eigenvalue weighted by atomic mass is 9.82. The van der Waals surface area contributed by atoms with Gasteiger partial charge in [0.2, 0.25) is 0 Å². The second-order valence-corrected chi connectivity index (χ2v) is 13.8. The number of carbonyl (C=O) groups excluding carboxylic acids is 6. The number of carbonyl (C=O) groups is 6. The van der Waals surface area contributed by atoms with E-state index < -0.39 is 11.9 Å². The number of aryl methyl sites for hydroxylation is 1. The quantitative estimate of drug-likeness (QED) is 0.0392. The molecular formula is C41H56O12. The molecule has 1 aromatic rings. The van der Waals surface area contributed by atoms with Gasteiger partial charge in [-0.15, -0.1) is 0 Å². The maximum Gasteiger partial charge on any atom is 0.330 e. The van der Waals surface area contributed by atoms with Gasteiger partial charge in [0.1, 0.15) is 11.5 Å². The molecule has 12 heteroatoms. The fourth-order valence-corrected chi connectivity index (χ4v) is 6.48. The second-order valence-electron chi connectivity index (χ2n) is 13.8. The van der Waals surface area contributed by atoms with Crippen molar-refractivity contribution in [3.05, 3.63) is 49.1 Å². The first-order valence-corrected chi connectivity index (χ1v) is 19.1. The Bertz CT molecular complexity index is 1380. The lowest BCUT2D eigenvalue weighted by Gasteiger charge is -2.26. The summed E-state index contributed by atoms with van der Waals surface area (Å²) < 4.78 is 32.2. The van der Waals surface area contributed by atoms with Crippen molar-refractivity contribution >= 4 is 35.8 Å². The SMILES string of the molecule is C=CC(=O)OCCCCCCOC(=O)C1CCC(C(=O)Oc2ccc(OC(=O)C3CCC(C(=O)OCCCCCCOC(=O)C=C)CC3)c(C)c2)CC1. The first-order chi connectivity index (χ1) is 25.6. The van der Waals surface area contributed by atoms with Crippen molar-refractivity contribution in [1.29, 1.82) is 0 Å². The van der Waals surface area contributed by atoms with Crippen LogP contribution in [0.4, 0.5) is 0 Å². The van der Waals surface area contributed by atoms with Crippen molar-refractivity contribution < 1.29 is 57.2 Å². The van der Waals surface area contributed by atoms with Crippen LogP contribution in [0.3, 0.4) is 0 Å². The zero-order valence-electron chi connectivity index (χ0n) is 31.2. The molecule has 3 rings (SSSR count). The van der Waals surface area contributed by atoms with Crippen LogP contribution in [-0.4, -0.2) is 62.2 Å². The van der Waals surface area contributed by atoms with E-state index in [0.29, 0.717) is 94.9 Å². The predicted octanol–water partition coefficient (Wildman–Crippen LogP) is 7.08. The molecule has 0 aromatic heterocycles. The summed E-state index contributed by atoms with van der Waals surface area (Å²) in [6, 6.07) is 4.90. The third kappa shape index (κ3) is 16.0. The van der Waals surface area contributed by atoms with E-state index in [1.54, 1.807) is 25.1 Å². The van der Waals surface area contributed by atoms with Gasteiger partial charge in [-0.3, -0.25) is 19.2 Å². The van der Waals surface area contributed by atoms with Gasteiger partial charge >= 0.3 is 35.8 Å². The zero-order valence-corrected chi connectivity index (χ0v) is 31.2. The van der Waals surface area contributed by atoms with Crippen LogP contribution in [0.25, 0.3) is 0 Å². The number of esters is 6. The van der Waals surface area contributed by atoms with E-state index in [1.807, 2.05) is 0 Å². The molecule has 292 valence electrons. The molecule has 12 nitrogen and oxygen atoms in total. The van der Waals surface area contributed by atoms with Gasteiger partial charge in [-0.1, -0.05) is 13.2 Å². The Balaban J connectivity index is 1.28. The molecule has 2 saturated carbocycles. The van der Waals surface area contributed by atoms with Gasteiger partial charge in [0.25, 0.3) is 0 Å². The smallest absolute Gasteiger partial charge is 0.330 e. The summed E-state index contributed by atoms with van der Waals surface area (Å²) in [5.41, 5.74) is 0.654. The third-order valence-corrected chi connectivity index (χ3v) is 9.75. The van der Waals surface area contributed by atoms with E-state index in [9.17, 15) is 28.8 Å². The highest BCUT2D eigenvalue weighted by atomic mass is 16.6. The van der Waals surface area contributed by atoms with Crippen LogP contribution < -0.4 is 9.47 Å². The molecule has 0 atom stereocenters. The maximum atomic E-state index is 13.0. The number of benzene rings is 1. The minimum atomic E-state index is -0.427. The standard InChI is InChI=1S/C41H56O12/c1-4-36(42)48-24-10-6-8-12-26-50-38(44)30-14-18-32(19-15-30)40(46)52-34-22-23-35(29(3)28-34)53-41(47)33-20-16-31(17-21-33)39(45)51-27-13-9-7-11-25-49-37(43)5-2/h4-5,22-23,28,30-33H,1-2,6-21,24-27H2,3H3. The lowest BCUT2D eigenvalue weighted by Crippen LogP contribution is -2.30. The molecule has 0 aliphatic heterocycles. The summed E-state index contributed by atoms with van der Waals surface area (Å²) in [5.74, 6) is -2.33. The summed E-state index contributed by atoms with van der Waals surface area (Å²) in [7, 11) is 0. The fourth-order valence-electron chi connectivity index (χ4n) is 6.48. The van der Waals surface area contributed by atoms with Gasteiger partial charge in [-0.25, -0.2) is 9.59 Å². The Morgan fingerprint density at radius 2 is 0.887 bits per heavy atom. The van der Waals surface area contributed by atoms with Crippen molar-refractivity contribution in [1.82, 2.24) is 0 Å². The molecular weight excluding hydrogens is 684 g/mol. The fraction of sp³-hybridized carbons (Fsp3) is 0.610. The van der Waals surface area contributed by atoms with Gasteiger partial charge in [0, 0.05) is 12.2 Å². The predicted molar refractivity (Wildman–Crippen MR) is 195 cm³/mol. The summed E-state index contributed by atoms with van der Waals surface area (Å²) >= 11 is 0. The Kier molecular flexibility index (Phi) is 19.4. The summed E-state index contributed by atoms with van der Waals surface area (Å²) in [5, 5.41) is 0. The van der Waals surface area contributed by atoms with E-state index >= 15 is 0 Å². The van der Waals surface area contributed by atoms with Crippen LogP contribution in [0.15, 0.2) is 43.5 Å². The van der Waals surface area contributed by atoms with E-state index in [-0.39, 0.29) is 47.5 Å². The molecule has 2 aliphatic carbocycles. The summed E-state index contributed by atoms with van der Waals surface area (Å²) in [6.45, 7) is 9.88. The molecule has 0 saturated heterocycles. The van der Waals surface area contributed by atoms with Gasteiger partial charge in [-0.05, 0) is 133 Å². The molecule has 0 amide bonds. The minimum Gasteiger partial charge on any atom is -0.465 e. The largest absolute Gasteiger partial charge is 0.465 e. The van der Waals surface area contributed by atoms with E-state index in [1.165, 1.54) is 0 Å². The average molecular weight is 741 g/mol. The van der Waals surface area contributed by atoms with Crippen LogP contribution in [-0.2, 0) is 47.7 Å². The number of hydrogen-bond acceptors (Lipinski definition) is 12. The molecule has 0 N–H and O–H groups in total. The van der Waals surface area contributed by atoms with E-state index in [4.69, 9.17) is 28.4 Å². The number of unbranched alkanes of at least 4 members (excludes halogenated alkanes) is 6. The van der Waals surface area contributed by atoms with Crippen molar-refractivity contribution in [2.45, 2.75) is 110 Å². The molecule has 2 fully saturated rings. The first-order valence-electron chi connectivity index (χ1n) is 19.1. The first kappa shape index (κ1) is 42.9. The minimum absolute atomic E-state index is 0.227. The second kappa shape index (κ2) is 24.0. The zero-order chi connectivity index (χ0) is 38.4. The van der Waals surface area contributed by atoms with Crippen LogP contribution in [0.1, 0.15) is 108 Å². The molecule has 0 bridgehead atoms. The monoisotopic (exact) mass is 740 g/mol. The molecule has 2 aliphatic rings. The maximum absolute atomic E-state index is 13.0. The van der Waals surface area contributed by atoms with Gasteiger partial charge < -0.3 is 28.4 Å². The Hall–Kier alpha value is -4.48. The van der Waals surface area contributed by atoms with Crippen LogP contribution in [0, 0.1) is 30.6 Å². The van der Waals surface area contributed by atoms with Gasteiger partial charge in [0.15, 0.2) is 0 Å². The van der Waals surface area contributed by atoms with Gasteiger partial charge in [0.05, 0.1) is 50.1 Å². The van der Waals surface area contributed by atoms with Crippen LogP contribution in [0.2, 0.25) is 0 Å². The highest BCUT2D eigenvalue weighted by Gasteiger charge is 2.33. The van der Waals surface area contributed by atoms with Crippen molar-refractivity contribution in [2.75, 3.05) is 26.4 Å². The third-order valence-electron chi connectivity index (χ3n) is 9.75. The van der Waals surface area contributed by atoms with Crippen molar-refractivity contribution in [3.8, 4) is 11.5 Å². The molecule has 0 radical (unpaired) electrons. The Morgan fingerprint density at radius 3 is 1.26 bits per heavy atom.